The molecular weight excluding hydrogens is 518 g/mol. The van der Waals surface area contributed by atoms with E-state index in [4.69, 9.17) is 9.68 Å². The lowest BCUT2D eigenvalue weighted by molar-refractivity contribution is -0.934. The average molecular weight is 553 g/mol. The zero-order valence-corrected chi connectivity index (χ0v) is 21.8. The first-order chi connectivity index (χ1) is 18.5. The summed E-state index contributed by atoms with van der Waals surface area (Å²) >= 11 is 0. The minimum Gasteiger partial charge on any atom is -0.342 e. The third-order valence-corrected chi connectivity index (χ3v) is 6.71. The van der Waals surface area contributed by atoms with Crippen molar-refractivity contribution in [2.75, 3.05) is 13.1 Å². The van der Waals surface area contributed by atoms with Crippen molar-refractivity contribution in [1.82, 2.24) is 20.6 Å². The Balaban J connectivity index is 1.47. The van der Waals surface area contributed by atoms with E-state index < -0.39 is 40.6 Å². The van der Waals surface area contributed by atoms with Crippen molar-refractivity contribution in [3.05, 3.63) is 0 Å². The maximum absolute atomic E-state index is 12.9. The van der Waals surface area contributed by atoms with Crippen molar-refractivity contribution in [2.45, 2.75) is 89.6 Å². The molecule has 0 saturated carbocycles. The van der Waals surface area contributed by atoms with E-state index in [1.807, 2.05) is 6.92 Å². The van der Waals surface area contributed by atoms with Crippen molar-refractivity contribution in [2.24, 2.45) is 0 Å². The summed E-state index contributed by atoms with van der Waals surface area (Å²) in [4.78, 5) is 106. The van der Waals surface area contributed by atoms with E-state index in [-0.39, 0.29) is 82.1 Å². The van der Waals surface area contributed by atoms with Gasteiger partial charge in [0, 0.05) is 38.4 Å². The Hall–Kier alpha value is -3.88. The molecule has 15 heteroatoms. The lowest BCUT2D eigenvalue weighted by Gasteiger charge is -2.22. The molecule has 3 saturated heterocycles. The summed E-state index contributed by atoms with van der Waals surface area (Å²) in [5.74, 6) is -4.43. The van der Waals surface area contributed by atoms with Crippen LogP contribution in [0.25, 0.3) is 0 Å². The number of unbranched alkanes of at least 4 members (excludes halogenated alkanes) is 2. The van der Waals surface area contributed by atoms with Crippen LogP contribution in [0.5, 0.6) is 0 Å². The number of amides is 7. The van der Waals surface area contributed by atoms with Crippen LogP contribution in [0.3, 0.4) is 0 Å². The third kappa shape index (κ3) is 8.56. The van der Waals surface area contributed by atoms with E-state index in [0.29, 0.717) is 17.9 Å². The molecule has 0 radical (unpaired) electrons. The highest BCUT2D eigenvalue weighted by Gasteiger charge is 2.40. The Labute approximate surface area is 224 Å². The molecule has 2 unspecified atom stereocenters. The van der Waals surface area contributed by atoms with E-state index >= 15 is 0 Å². The molecular formula is C24H34N5O10+. The highest BCUT2D eigenvalue weighted by Crippen LogP contribution is 2.14. The molecule has 2 atom stereocenters. The summed E-state index contributed by atoms with van der Waals surface area (Å²) in [6.07, 6.45) is 2.12. The summed E-state index contributed by atoms with van der Waals surface area (Å²) in [6.45, 7) is 1.62. The first kappa shape index (κ1) is 29.7. The Bertz CT molecular complexity index is 945. The second-order valence-electron chi connectivity index (χ2n) is 9.69. The number of quaternary nitrogens is 1. The minimum atomic E-state index is -0.891. The zero-order valence-electron chi connectivity index (χ0n) is 21.8. The van der Waals surface area contributed by atoms with Gasteiger partial charge in [0.1, 0.15) is 0 Å². The second kappa shape index (κ2) is 13.8. The summed E-state index contributed by atoms with van der Waals surface area (Å²) in [5, 5.41) is 5.54. The van der Waals surface area contributed by atoms with Crippen LogP contribution in [0.15, 0.2) is 0 Å². The molecule has 214 valence electrons. The normalized spacial score (nSPS) is 21.3. The van der Waals surface area contributed by atoms with Gasteiger partial charge in [-0.3, -0.25) is 19.2 Å². The first-order valence-electron chi connectivity index (χ1n) is 13.1. The zero-order chi connectivity index (χ0) is 28.5. The molecule has 0 aromatic rings. The Morgan fingerprint density at radius 3 is 2.05 bits per heavy atom. The lowest BCUT2D eigenvalue weighted by Crippen LogP contribution is -3.14. The van der Waals surface area contributed by atoms with Gasteiger partial charge < -0.3 is 20.4 Å². The first-order valence-corrected chi connectivity index (χ1v) is 13.1. The fourth-order valence-electron chi connectivity index (χ4n) is 4.45. The van der Waals surface area contributed by atoms with E-state index in [9.17, 15) is 38.4 Å². The Morgan fingerprint density at radius 1 is 0.846 bits per heavy atom. The predicted molar refractivity (Wildman–Crippen MR) is 127 cm³/mol. The summed E-state index contributed by atoms with van der Waals surface area (Å²) in [6, 6.07) is -0.158. The number of hydrogen-bond acceptors (Lipinski definition) is 10. The van der Waals surface area contributed by atoms with Crippen LogP contribution in [0.1, 0.15) is 77.6 Å². The summed E-state index contributed by atoms with van der Waals surface area (Å²) in [5.41, 5.74) is 0. The maximum Gasteiger partial charge on any atom is 0.369 e. The molecule has 3 fully saturated rings. The van der Waals surface area contributed by atoms with Crippen LogP contribution in [-0.4, -0.2) is 82.6 Å². The predicted octanol–water partition coefficient (Wildman–Crippen LogP) is -1.59. The van der Waals surface area contributed by atoms with Gasteiger partial charge in [-0.2, -0.15) is 0 Å². The molecule has 0 bridgehead atoms. The van der Waals surface area contributed by atoms with Crippen molar-refractivity contribution < 1.29 is 53.1 Å². The molecule has 3 heterocycles. The van der Waals surface area contributed by atoms with E-state index in [1.54, 1.807) is 0 Å². The number of nitrogens with zero attached hydrogens (tertiary/aromatic N) is 2. The number of nitrogens with one attached hydrogen (secondary N) is 3. The number of rotatable bonds is 14. The van der Waals surface area contributed by atoms with E-state index in [1.165, 1.54) is 4.90 Å². The van der Waals surface area contributed by atoms with E-state index in [0.717, 1.165) is 12.8 Å². The highest BCUT2D eigenvalue weighted by molar-refractivity contribution is 6.01. The molecule has 0 aromatic carbocycles. The molecule has 0 spiro atoms. The van der Waals surface area contributed by atoms with E-state index in [2.05, 4.69) is 10.6 Å². The molecule has 3 aliphatic heterocycles. The monoisotopic (exact) mass is 552 g/mol. The summed E-state index contributed by atoms with van der Waals surface area (Å²) in [7, 11) is 0. The number of urea groups is 1. The minimum absolute atomic E-state index is 0.0151. The number of hydroxylamine groups is 4. The van der Waals surface area contributed by atoms with Crippen molar-refractivity contribution in [3.63, 3.8) is 0 Å². The Morgan fingerprint density at radius 2 is 1.46 bits per heavy atom. The number of carbonyl (C=O) groups excluding carboxylic acids is 8. The molecule has 3 rings (SSSR count). The second-order valence-corrected chi connectivity index (χ2v) is 9.69. The van der Waals surface area contributed by atoms with Crippen molar-refractivity contribution in [1.29, 1.82) is 0 Å². The molecule has 3 N–H and O–H groups in total. The van der Waals surface area contributed by atoms with Crippen LogP contribution in [0.4, 0.5) is 4.79 Å². The van der Waals surface area contributed by atoms with Gasteiger partial charge in [-0.05, 0) is 24.8 Å². The fourth-order valence-corrected chi connectivity index (χ4v) is 4.45. The molecule has 7 amide bonds. The topological polar surface area (TPSA) is 190 Å². The smallest absolute Gasteiger partial charge is 0.342 e. The standard InChI is InChI=1S/C24H33N5O10/c1-15-16(26-24(37)25-15)5-3-2-4-6-17(30)27(13-11-22(35)38-28-18(31)7-8-19(28)32)14-12-23(36)39-29-20(33)9-10-21(29)34/h15-16H,2-14H2,1H3,(H2,25,26,37)/p+1. The number of imide groups is 2. The van der Waals surface area contributed by atoms with Crippen LogP contribution in [-0.2, 0) is 43.2 Å². The van der Waals surface area contributed by atoms with Crippen LogP contribution < -0.4 is 15.7 Å². The third-order valence-electron chi connectivity index (χ3n) is 6.71. The van der Waals surface area contributed by atoms with Gasteiger partial charge in [-0.1, -0.05) is 12.8 Å². The number of hydrogen-bond donors (Lipinski definition) is 3. The van der Waals surface area contributed by atoms with Gasteiger partial charge >= 0.3 is 29.8 Å². The highest BCUT2D eigenvalue weighted by atomic mass is 16.7. The largest absolute Gasteiger partial charge is 0.369 e. The average Bonchev–Trinajstić information content (AvgIpc) is 3.50. The molecule has 39 heavy (non-hydrogen) atoms. The number of carbonyl (C=O) groups is 8. The maximum atomic E-state index is 12.9. The van der Waals surface area contributed by atoms with Gasteiger partial charge in [-0.25, -0.2) is 24.0 Å². The quantitative estimate of drug-likeness (QED) is 0.167. The molecule has 15 nitrogen and oxygen atoms in total. The van der Waals surface area contributed by atoms with Gasteiger partial charge in [0.25, 0.3) is 11.8 Å². The van der Waals surface area contributed by atoms with Crippen LogP contribution >= 0.6 is 0 Å². The van der Waals surface area contributed by atoms with Gasteiger partial charge in [0.15, 0.2) is 0 Å². The molecule has 0 aromatic heterocycles. The van der Waals surface area contributed by atoms with Crippen LogP contribution in [0.2, 0.25) is 0 Å². The Kier molecular flexibility index (Phi) is 10.5. The van der Waals surface area contributed by atoms with Crippen LogP contribution in [0, 0.1) is 0 Å². The summed E-state index contributed by atoms with van der Waals surface area (Å²) < 4.78 is 0. The lowest BCUT2D eigenvalue weighted by atomic mass is 10.0. The van der Waals surface area contributed by atoms with Crippen molar-refractivity contribution >= 4 is 47.5 Å². The molecule has 0 aliphatic carbocycles. The van der Waals surface area contributed by atoms with Gasteiger partial charge in [0.2, 0.25) is 5.91 Å². The van der Waals surface area contributed by atoms with Crippen molar-refractivity contribution in [3.8, 4) is 0 Å². The molecule has 3 aliphatic rings. The van der Waals surface area contributed by atoms with Gasteiger partial charge in [0.05, 0.1) is 31.7 Å². The fraction of sp³-hybridized carbons (Fsp3) is 0.667. The SMILES string of the molecule is CC1NC(=O)NC1CCCCCC(=O)N(CCC(=O)ON1C(=O)CCC1=O)CCC(=O)O[NH+]1C(=O)CCC1=O. The van der Waals surface area contributed by atoms with Gasteiger partial charge in [-0.15, -0.1) is 5.06 Å².